The van der Waals surface area contributed by atoms with Gasteiger partial charge in [0.1, 0.15) is 0 Å². The normalized spacial score (nSPS) is 11.9. The van der Waals surface area contributed by atoms with Gasteiger partial charge in [-0.3, -0.25) is 4.98 Å². The van der Waals surface area contributed by atoms with Gasteiger partial charge in [0, 0.05) is 11.6 Å². The third kappa shape index (κ3) is 2.39. The first-order valence-electron chi connectivity index (χ1n) is 5.64. The van der Waals surface area contributed by atoms with Gasteiger partial charge in [0.05, 0.1) is 5.52 Å². The number of fused-ring (bicyclic) bond motifs is 1. The Morgan fingerprint density at radius 3 is 2.81 bits per heavy atom. The van der Waals surface area contributed by atoms with Crippen molar-refractivity contribution in [3.63, 3.8) is 0 Å². The summed E-state index contributed by atoms with van der Waals surface area (Å²) in [5.41, 5.74) is 8.28. The molecule has 0 saturated carbocycles. The van der Waals surface area contributed by atoms with Crippen LogP contribution in [0.3, 0.4) is 0 Å². The Morgan fingerprint density at radius 1 is 1.25 bits per heavy atom. The van der Waals surface area contributed by atoms with E-state index in [1.807, 2.05) is 12.3 Å². The molecule has 0 spiro atoms. The second-order valence-corrected chi connectivity index (χ2v) is 5.08. The van der Waals surface area contributed by atoms with Gasteiger partial charge < -0.3 is 5.73 Å². The molecule has 2 heteroatoms. The molecule has 2 nitrogen and oxygen atoms in total. The summed E-state index contributed by atoms with van der Waals surface area (Å²) in [5, 5.41) is 1.19. The maximum atomic E-state index is 5.75. The van der Waals surface area contributed by atoms with Crippen LogP contribution in [0.5, 0.6) is 0 Å². The monoisotopic (exact) mass is 214 g/mol. The van der Waals surface area contributed by atoms with Crippen molar-refractivity contribution >= 4 is 10.9 Å². The largest absolute Gasteiger partial charge is 0.330 e. The fraction of sp³-hybridized carbons (Fsp3) is 0.357. The van der Waals surface area contributed by atoms with Gasteiger partial charge in [-0.1, -0.05) is 32.0 Å². The predicted octanol–water partition coefficient (Wildman–Crippen LogP) is 2.76. The van der Waals surface area contributed by atoms with Crippen molar-refractivity contribution in [3.8, 4) is 0 Å². The summed E-state index contributed by atoms with van der Waals surface area (Å²) in [7, 11) is 0. The van der Waals surface area contributed by atoms with E-state index in [0.29, 0.717) is 6.54 Å². The zero-order valence-corrected chi connectivity index (χ0v) is 9.90. The lowest BCUT2D eigenvalue weighted by molar-refractivity contribution is 0.377. The Balaban J connectivity index is 2.33. The fourth-order valence-electron chi connectivity index (χ4n) is 1.85. The highest BCUT2D eigenvalue weighted by Gasteiger charge is 2.16. The molecule has 0 radical (unpaired) electrons. The summed E-state index contributed by atoms with van der Waals surface area (Å²) in [6.45, 7) is 5.08. The quantitative estimate of drug-likeness (QED) is 0.853. The number of pyridine rings is 1. The number of nitrogens with two attached hydrogens (primary N) is 1. The zero-order valence-electron chi connectivity index (χ0n) is 9.90. The Labute approximate surface area is 96.5 Å². The van der Waals surface area contributed by atoms with Crippen molar-refractivity contribution < 1.29 is 0 Å². The molecule has 1 aromatic carbocycles. The van der Waals surface area contributed by atoms with E-state index in [4.69, 9.17) is 5.73 Å². The topological polar surface area (TPSA) is 38.9 Å². The molecule has 2 N–H and O–H groups in total. The number of rotatable bonds is 3. The summed E-state index contributed by atoms with van der Waals surface area (Å²) in [6, 6.07) is 10.5. The van der Waals surface area contributed by atoms with Gasteiger partial charge in [0.15, 0.2) is 0 Å². The van der Waals surface area contributed by atoms with Crippen LogP contribution in [-0.2, 0) is 6.42 Å². The molecule has 2 aromatic rings. The average Bonchev–Trinajstić information content (AvgIpc) is 2.28. The third-order valence-corrected chi connectivity index (χ3v) is 2.91. The minimum absolute atomic E-state index is 0.155. The first-order chi connectivity index (χ1) is 7.61. The van der Waals surface area contributed by atoms with Gasteiger partial charge in [-0.05, 0) is 36.1 Å². The van der Waals surface area contributed by atoms with Crippen LogP contribution in [0.25, 0.3) is 10.9 Å². The predicted molar refractivity (Wildman–Crippen MR) is 68.3 cm³/mol. The van der Waals surface area contributed by atoms with Crippen LogP contribution in [0.2, 0.25) is 0 Å². The first-order valence-corrected chi connectivity index (χ1v) is 5.64. The highest BCUT2D eigenvalue weighted by Crippen LogP contribution is 2.22. The fourth-order valence-corrected chi connectivity index (χ4v) is 1.85. The Morgan fingerprint density at radius 2 is 2.06 bits per heavy atom. The lowest BCUT2D eigenvalue weighted by atomic mass is 9.86. The van der Waals surface area contributed by atoms with Crippen LogP contribution >= 0.6 is 0 Å². The van der Waals surface area contributed by atoms with Crippen LogP contribution in [0, 0.1) is 5.41 Å². The molecule has 0 saturated heterocycles. The zero-order chi connectivity index (χ0) is 11.6. The smallest absolute Gasteiger partial charge is 0.0704 e. The van der Waals surface area contributed by atoms with Crippen molar-refractivity contribution in [2.45, 2.75) is 20.3 Å². The molecule has 0 atom stereocenters. The minimum atomic E-state index is 0.155. The molecule has 0 aliphatic heterocycles. The second-order valence-electron chi connectivity index (χ2n) is 5.08. The molecule has 0 unspecified atom stereocenters. The maximum absolute atomic E-state index is 5.75. The molecule has 0 bridgehead atoms. The van der Waals surface area contributed by atoms with E-state index in [0.717, 1.165) is 11.9 Å². The molecule has 1 heterocycles. The highest BCUT2D eigenvalue weighted by atomic mass is 14.6. The van der Waals surface area contributed by atoms with Crippen LogP contribution in [0.4, 0.5) is 0 Å². The minimum Gasteiger partial charge on any atom is -0.330 e. The summed E-state index contributed by atoms with van der Waals surface area (Å²) >= 11 is 0. The van der Waals surface area contributed by atoms with Gasteiger partial charge in [-0.15, -0.1) is 0 Å². The van der Waals surface area contributed by atoms with Crippen LogP contribution in [0.1, 0.15) is 19.4 Å². The molecular weight excluding hydrogens is 196 g/mol. The maximum Gasteiger partial charge on any atom is 0.0704 e. The van der Waals surface area contributed by atoms with Crippen molar-refractivity contribution in [1.82, 2.24) is 4.98 Å². The van der Waals surface area contributed by atoms with E-state index in [2.05, 4.69) is 43.1 Å². The molecule has 2 rings (SSSR count). The standard InChI is InChI=1S/C14H18N2/c1-14(2,10-15)9-11-5-6-12-4-3-7-16-13(12)8-11/h3-8H,9-10,15H2,1-2H3. The van der Waals surface area contributed by atoms with Crippen molar-refractivity contribution in [2.24, 2.45) is 11.1 Å². The lowest BCUT2D eigenvalue weighted by Gasteiger charge is -2.22. The number of hydrogen-bond donors (Lipinski definition) is 1. The molecule has 1 aromatic heterocycles. The van der Waals surface area contributed by atoms with E-state index in [-0.39, 0.29) is 5.41 Å². The third-order valence-electron chi connectivity index (χ3n) is 2.91. The molecule has 16 heavy (non-hydrogen) atoms. The van der Waals surface area contributed by atoms with Gasteiger partial charge in [-0.2, -0.15) is 0 Å². The van der Waals surface area contributed by atoms with Gasteiger partial charge in [0.2, 0.25) is 0 Å². The van der Waals surface area contributed by atoms with Crippen LogP contribution in [-0.4, -0.2) is 11.5 Å². The molecule has 0 amide bonds. The van der Waals surface area contributed by atoms with E-state index >= 15 is 0 Å². The molecular formula is C14H18N2. The number of nitrogens with zero attached hydrogens (tertiary/aromatic N) is 1. The Hall–Kier alpha value is -1.41. The first kappa shape index (κ1) is 11.1. The summed E-state index contributed by atoms with van der Waals surface area (Å²) in [6.07, 6.45) is 2.83. The van der Waals surface area contributed by atoms with Crippen LogP contribution < -0.4 is 5.73 Å². The van der Waals surface area contributed by atoms with Crippen LogP contribution in [0.15, 0.2) is 36.5 Å². The molecule has 84 valence electrons. The molecule has 0 aliphatic rings. The van der Waals surface area contributed by atoms with E-state index in [1.54, 1.807) is 0 Å². The van der Waals surface area contributed by atoms with E-state index in [9.17, 15) is 0 Å². The second kappa shape index (κ2) is 4.22. The summed E-state index contributed by atoms with van der Waals surface area (Å²) in [4.78, 5) is 4.37. The number of benzene rings is 1. The summed E-state index contributed by atoms with van der Waals surface area (Å²) < 4.78 is 0. The SMILES string of the molecule is CC(C)(CN)Cc1ccc2cccnc2c1. The number of hydrogen-bond acceptors (Lipinski definition) is 2. The Bertz CT molecular complexity index is 489. The summed E-state index contributed by atoms with van der Waals surface area (Å²) in [5.74, 6) is 0. The number of aromatic nitrogens is 1. The Kier molecular flexibility index (Phi) is 2.92. The molecule has 0 aliphatic carbocycles. The highest BCUT2D eigenvalue weighted by molar-refractivity contribution is 5.78. The lowest BCUT2D eigenvalue weighted by Crippen LogP contribution is -2.25. The van der Waals surface area contributed by atoms with Crippen molar-refractivity contribution in [3.05, 3.63) is 42.1 Å². The van der Waals surface area contributed by atoms with Crippen molar-refractivity contribution in [2.75, 3.05) is 6.54 Å². The van der Waals surface area contributed by atoms with E-state index < -0.39 is 0 Å². The van der Waals surface area contributed by atoms with E-state index in [1.165, 1.54) is 10.9 Å². The van der Waals surface area contributed by atoms with Gasteiger partial charge >= 0.3 is 0 Å². The molecule has 0 fully saturated rings. The van der Waals surface area contributed by atoms with Gasteiger partial charge in [0.25, 0.3) is 0 Å². The average molecular weight is 214 g/mol. The van der Waals surface area contributed by atoms with Crippen molar-refractivity contribution in [1.29, 1.82) is 0 Å². The van der Waals surface area contributed by atoms with Gasteiger partial charge in [-0.25, -0.2) is 0 Å².